The first-order chi connectivity index (χ1) is 11.5. The van der Waals surface area contributed by atoms with Crippen molar-refractivity contribution in [1.29, 1.82) is 0 Å². The lowest BCUT2D eigenvalue weighted by Gasteiger charge is -2.29. The van der Waals surface area contributed by atoms with Crippen LogP contribution in [0.4, 0.5) is 0 Å². The van der Waals surface area contributed by atoms with Gasteiger partial charge in [0.2, 0.25) is 5.91 Å². The molecule has 2 atom stereocenters. The SMILES string of the molecule is COc1cc(CSCC(=O)N[C@@H]2CCCC[C@H]2C)c(OC)cc1Br. The summed E-state index contributed by atoms with van der Waals surface area (Å²) in [6, 6.07) is 4.20. The third kappa shape index (κ3) is 5.31. The fraction of sp³-hybridized carbons (Fsp3) is 0.611. The largest absolute Gasteiger partial charge is 0.496 e. The molecule has 1 amide bonds. The molecule has 0 heterocycles. The summed E-state index contributed by atoms with van der Waals surface area (Å²) in [6.45, 7) is 2.23. The van der Waals surface area contributed by atoms with Gasteiger partial charge in [-0.25, -0.2) is 0 Å². The molecule has 0 unspecified atom stereocenters. The molecule has 1 aromatic carbocycles. The van der Waals surface area contributed by atoms with E-state index in [-0.39, 0.29) is 5.91 Å². The average Bonchev–Trinajstić information content (AvgIpc) is 2.57. The Morgan fingerprint density at radius 3 is 2.62 bits per heavy atom. The minimum atomic E-state index is 0.127. The number of thioether (sulfide) groups is 1. The smallest absolute Gasteiger partial charge is 0.230 e. The van der Waals surface area contributed by atoms with Crippen LogP contribution >= 0.6 is 27.7 Å². The van der Waals surface area contributed by atoms with Crippen LogP contribution in [0.5, 0.6) is 11.5 Å². The molecule has 1 aliphatic rings. The molecule has 2 rings (SSSR count). The maximum absolute atomic E-state index is 12.2. The van der Waals surface area contributed by atoms with Crippen LogP contribution in [0.2, 0.25) is 0 Å². The third-order valence-electron chi connectivity index (χ3n) is 4.50. The van der Waals surface area contributed by atoms with Crippen molar-refractivity contribution < 1.29 is 14.3 Å². The molecule has 4 nitrogen and oxygen atoms in total. The second kappa shape index (κ2) is 9.56. The Morgan fingerprint density at radius 1 is 1.25 bits per heavy atom. The van der Waals surface area contributed by atoms with E-state index in [1.165, 1.54) is 19.3 Å². The van der Waals surface area contributed by atoms with Gasteiger partial charge in [0, 0.05) is 17.4 Å². The van der Waals surface area contributed by atoms with Crippen LogP contribution in [0.15, 0.2) is 16.6 Å². The zero-order valence-corrected chi connectivity index (χ0v) is 17.0. The third-order valence-corrected chi connectivity index (χ3v) is 6.10. The quantitative estimate of drug-likeness (QED) is 0.716. The van der Waals surface area contributed by atoms with Gasteiger partial charge in [0.05, 0.1) is 24.4 Å². The number of ether oxygens (including phenoxy) is 2. The van der Waals surface area contributed by atoms with E-state index < -0.39 is 0 Å². The molecule has 0 saturated heterocycles. The molecule has 1 saturated carbocycles. The van der Waals surface area contributed by atoms with Crippen LogP contribution in [0.1, 0.15) is 38.2 Å². The topological polar surface area (TPSA) is 47.6 Å². The Balaban J connectivity index is 1.86. The van der Waals surface area contributed by atoms with Gasteiger partial charge < -0.3 is 14.8 Å². The van der Waals surface area contributed by atoms with E-state index in [0.29, 0.717) is 23.5 Å². The molecule has 0 radical (unpaired) electrons. The summed E-state index contributed by atoms with van der Waals surface area (Å²) in [5.74, 6) is 3.46. The zero-order chi connectivity index (χ0) is 17.5. The summed E-state index contributed by atoms with van der Waals surface area (Å²) < 4.78 is 11.6. The molecule has 1 aliphatic carbocycles. The molecule has 1 aromatic rings. The minimum Gasteiger partial charge on any atom is -0.496 e. The Labute approximate surface area is 157 Å². The molecule has 24 heavy (non-hydrogen) atoms. The van der Waals surface area contributed by atoms with Crippen LogP contribution in [0, 0.1) is 5.92 Å². The Morgan fingerprint density at radius 2 is 1.96 bits per heavy atom. The highest BCUT2D eigenvalue weighted by Crippen LogP contribution is 2.34. The van der Waals surface area contributed by atoms with Gasteiger partial charge in [0.1, 0.15) is 11.5 Å². The van der Waals surface area contributed by atoms with Crippen molar-refractivity contribution in [2.24, 2.45) is 5.92 Å². The maximum atomic E-state index is 12.2. The molecular weight excluding hydrogens is 390 g/mol. The van der Waals surface area contributed by atoms with E-state index in [0.717, 1.165) is 28.0 Å². The highest BCUT2D eigenvalue weighted by atomic mass is 79.9. The van der Waals surface area contributed by atoms with Crippen molar-refractivity contribution in [3.05, 3.63) is 22.2 Å². The number of carbonyl (C=O) groups is 1. The first kappa shape index (κ1) is 19.4. The number of hydrogen-bond donors (Lipinski definition) is 1. The van der Waals surface area contributed by atoms with Gasteiger partial charge in [0.15, 0.2) is 0 Å². The molecule has 1 N–H and O–H groups in total. The average molecular weight is 416 g/mol. The predicted octanol–water partition coefficient (Wildman–Crippen LogP) is 4.39. The summed E-state index contributed by atoms with van der Waals surface area (Å²) in [5, 5.41) is 3.19. The van der Waals surface area contributed by atoms with E-state index in [9.17, 15) is 4.79 Å². The first-order valence-corrected chi connectivity index (χ1v) is 10.3. The standard InChI is InChI=1S/C18H26BrNO3S/c1-12-6-4-5-7-15(12)20-18(21)11-24-10-13-8-17(23-3)14(19)9-16(13)22-2/h8-9,12,15H,4-7,10-11H2,1-3H3,(H,20,21)/t12-,15-/m1/s1. The molecule has 0 aliphatic heterocycles. The summed E-state index contributed by atoms with van der Waals surface area (Å²) in [4.78, 5) is 12.2. The summed E-state index contributed by atoms with van der Waals surface area (Å²) in [7, 11) is 3.29. The van der Waals surface area contributed by atoms with Gasteiger partial charge >= 0.3 is 0 Å². The van der Waals surface area contributed by atoms with Crippen LogP contribution in [0.25, 0.3) is 0 Å². The normalized spacial score (nSPS) is 20.5. The van der Waals surface area contributed by atoms with Crippen LogP contribution in [-0.2, 0) is 10.5 Å². The van der Waals surface area contributed by atoms with Crippen LogP contribution in [-0.4, -0.2) is 31.9 Å². The lowest BCUT2D eigenvalue weighted by molar-refractivity contribution is -0.119. The van der Waals surface area contributed by atoms with Crippen molar-refractivity contribution in [3.8, 4) is 11.5 Å². The van der Waals surface area contributed by atoms with E-state index in [4.69, 9.17) is 9.47 Å². The van der Waals surface area contributed by atoms with Crippen molar-refractivity contribution in [1.82, 2.24) is 5.32 Å². The number of amides is 1. The van der Waals surface area contributed by atoms with Gasteiger partial charge in [-0.3, -0.25) is 4.79 Å². The molecule has 0 bridgehead atoms. The Bertz CT molecular complexity index is 567. The van der Waals surface area contributed by atoms with Gasteiger partial charge in [-0.15, -0.1) is 11.8 Å². The van der Waals surface area contributed by atoms with E-state index in [1.54, 1.807) is 26.0 Å². The maximum Gasteiger partial charge on any atom is 0.230 e. The zero-order valence-electron chi connectivity index (χ0n) is 14.6. The fourth-order valence-electron chi connectivity index (χ4n) is 3.07. The molecule has 6 heteroatoms. The summed E-state index contributed by atoms with van der Waals surface area (Å²) in [6.07, 6.45) is 4.83. The number of methoxy groups -OCH3 is 2. The first-order valence-electron chi connectivity index (χ1n) is 8.32. The molecule has 0 spiro atoms. The predicted molar refractivity (Wildman–Crippen MR) is 103 cm³/mol. The van der Waals surface area contributed by atoms with Crippen molar-refractivity contribution in [2.45, 2.75) is 44.4 Å². The monoisotopic (exact) mass is 415 g/mol. The second-order valence-corrected chi connectivity index (χ2v) is 8.07. The van der Waals surface area contributed by atoms with Crippen molar-refractivity contribution >= 4 is 33.6 Å². The number of nitrogens with one attached hydrogen (secondary N) is 1. The molecule has 0 aromatic heterocycles. The lowest BCUT2D eigenvalue weighted by Crippen LogP contribution is -2.41. The highest BCUT2D eigenvalue weighted by Gasteiger charge is 2.22. The van der Waals surface area contributed by atoms with E-state index in [2.05, 4.69) is 28.2 Å². The van der Waals surface area contributed by atoms with Gasteiger partial charge in [-0.2, -0.15) is 0 Å². The van der Waals surface area contributed by atoms with E-state index in [1.807, 2.05) is 12.1 Å². The Kier molecular flexibility index (Phi) is 7.75. The fourth-order valence-corrected chi connectivity index (χ4v) is 4.37. The Hall–Kier alpha value is -0.880. The number of benzene rings is 1. The second-order valence-electron chi connectivity index (χ2n) is 6.23. The summed E-state index contributed by atoms with van der Waals surface area (Å²) in [5.41, 5.74) is 1.03. The molecule has 1 fully saturated rings. The van der Waals surface area contributed by atoms with Crippen molar-refractivity contribution in [3.63, 3.8) is 0 Å². The molecular formula is C18H26BrNO3S. The van der Waals surface area contributed by atoms with E-state index >= 15 is 0 Å². The summed E-state index contributed by atoms with van der Waals surface area (Å²) >= 11 is 5.05. The molecule has 134 valence electrons. The minimum absolute atomic E-state index is 0.127. The highest BCUT2D eigenvalue weighted by molar-refractivity contribution is 9.10. The van der Waals surface area contributed by atoms with Crippen LogP contribution in [0.3, 0.4) is 0 Å². The number of halogens is 1. The van der Waals surface area contributed by atoms with Gasteiger partial charge in [-0.05, 0) is 46.8 Å². The van der Waals surface area contributed by atoms with Crippen LogP contribution < -0.4 is 14.8 Å². The number of hydrogen-bond acceptors (Lipinski definition) is 4. The van der Waals surface area contributed by atoms with Crippen molar-refractivity contribution in [2.75, 3.05) is 20.0 Å². The van der Waals surface area contributed by atoms with Gasteiger partial charge in [-0.1, -0.05) is 19.8 Å². The number of carbonyl (C=O) groups excluding carboxylic acids is 1. The lowest BCUT2D eigenvalue weighted by atomic mass is 9.86. The van der Waals surface area contributed by atoms with Gasteiger partial charge in [0.25, 0.3) is 0 Å². The number of rotatable bonds is 7.